The second-order valence-corrected chi connectivity index (χ2v) is 2.47. The van der Waals surface area contributed by atoms with Crippen LogP contribution in [0.25, 0.3) is 0 Å². The quantitative estimate of drug-likeness (QED) is 0.537. The number of phenols is 1. The summed E-state index contributed by atoms with van der Waals surface area (Å²) in [4.78, 5) is 20.7. The highest BCUT2D eigenvalue weighted by Crippen LogP contribution is 2.27. The van der Waals surface area contributed by atoms with E-state index in [-0.39, 0.29) is 23.0 Å². The highest BCUT2D eigenvalue weighted by atomic mass is 16.3. The summed E-state index contributed by atoms with van der Waals surface area (Å²) >= 11 is 0. The Hall–Kier alpha value is -1.91. The molecule has 1 aromatic carbocycles. The maximum atomic E-state index is 10.6. The van der Waals surface area contributed by atoms with E-state index in [0.29, 0.717) is 0 Å². The van der Waals surface area contributed by atoms with Crippen LogP contribution in [0.2, 0.25) is 0 Å². The van der Waals surface area contributed by atoms with E-state index in [0.717, 1.165) is 0 Å². The summed E-state index contributed by atoms with van der Waals surface area (Å²) in [6, 6.07) is 3.99. The fraction of sp³-hybridized carbons (Fsp3) is 0.125. The fourth-order valence-electron chi connectivity index (χ4n) is 0.872. The van der Waals surface area contributed by atoms with Crippen LogP contribution >= 0.6 is 0 Å². The van der Waals surface area contributed by atoms with E-state index in [9.17, 15) is 14.8 Å². The van der Waals surface area contributed by atoms with E-state index in [2.05, 4.69) is 10.5 Å². The predicted molar refractivity (Wildman–Crippen MR) is 47.9 cm³/mol. The summed E-state index contributed by atoms with van der Waals surface area (Å²) in [7, 11) is 0. The van der Waals surface area contributed by atoms with Gasteiger partial charge in [0.05, 0.1) is 5.69 Å². The zero-order valence-corrected chi connectivity index (χ0v) is 6.94. The van der Waals surface area contributed by atoms with Gasteiger partial charge >= 0.3 is 0 Å². The van der Waals surface area contributed by atoms with Gasteiger partial charge in [-0.05, 0) is 17.3 Å². The molecule has 1 rings (SSSR count). The van der Waals surface area contributed by atoms with Gasteiger partial charge in [0.1, 0.15) is 11.4 Å². The molecule has 1 amide bonds. The van der Waals surface area contributed by atoms with Crippen LogP contribution in [-0.2, 0) is 4.79 Å². The minimum atomic E-state index is -0.290. The Bertz CT molecular complexity index is 349. The van der Waals surface area contributed by atoms with Crippen LogP contribution in [0.4, 0.5) is 11.4 Å². The third kappa shape index (κ3) is 2.26. The lowest BCUT2D eigenvalue weighted by atomic mass is 10.2. The lowest BCUT2D eigenvalue weighted by Crippen LogP contribution is -2.05. The molecule has 0 saturated heterocycles. The van der Waals surface area contributed by atoms with Crippen LogP contribution in [0.15, 0.2) is 23.4 Å². The molecule has 0 unspecified atom stereocenters. The first-order valence-corrected chi connectivity index (χ1v) is 3.57. The van der Waals surface area contributed by atoms with Crippen LogP contribution < -0.4 is 5.32 Å². The molecule has 5 heteroatoms. The summed E-state index contributed by atoms with van der Waals surface area (Å²) in [5.74, 6) is -0.464. The maximum Gasteiger partial charge on any atom is 0.221 e. The molecule has 0 aliphatic heterocycles. The Morgan fingerprint density at radius 1 is 1.54 bits per heavy atom. The Balaban J connectivity index is 2.98. The van der Waals surface area contributed by atoms with Crippen molar-refractivity contribution >= 4 is 17.3 Å². The topological polar surface area (TPSA) is 78.8 Å². The molecule has 0 radical (unpaired) electrons. The van der Waals surface area contributed by atoms with E-state index in [1.165, 1.54) is 25.1 Å². The highest BCUT2D eigenvalue weighted by molar-refractivity contribution is 5.90. The fourth-order valence-corrected chi connectivity index (χ4v) is 0.872. The second-order valence-electron chi connectivity index (χ2n) is 2.47. The van der Waals surface area contributed by atoms with Crippen LogP contribution in [0.1, 0.15) is 6.92 Å². The van der Waals surface area contributed by atoms with Gasteiger partial charge in [0.25, 0.3) is 0 Å². The van der Waals surface area contributed by atoms with Crippen molar-refractivity contribution in [3.05, 3.63) is 23.1 Å². The van der Waals surface area contributed by atoms with Crippen molar-refractivity contribution in [2.45, 2.75) is 6.92 Å². The predicted octanol–water partition coefficient (Wildman–Crippen LogP) is 1.75. The normalized spacial score (nSPS) is 9.31. The van der Waals surface area contributed by atoms with Gasteiger partial charge in [0, 0.05) is 13.0 Å². The zero-order valence-electron chi connectivity index (χ0n) is 6.94. The molecule has 0 bridgehead atoms. The molecule has 0 saturated carbocycles. The van der Waals surface area contributed by atoms with Crippen molar-refractivity contribution in [3.8, 4) is 5.75 Å². The number of phenolic OH excluding ortho intramolecular Hbond substituents is 1. The summed E-state index contributed by atoms with van der Waals surface area (Å²) in [6.07, 6.45) is 0. The number of nitroso groups, excluding NO2 is 1. The van der Waals surface area contributed by atoms with Crippen molar-refractivity contribution in [1.29, 1.82) is 0 Å². The number of hydrogen-bond donors (Lipinski definition) is 2. The van der Waals surface area contributed by atoms with Crippen molar-refractivity contribution < 1.29 is 9.90 Å². The second kappa shape index (κ2) is 3.66. The average Bonchev–Trinajstić information content (AvgIpc) is 2.08. The molecule has 0 fully saturated rings. The largest absolute Gasteiger partial charge is 0.506 e. The number of nitrogens with zero attached hydrogens (tertiary/aromatic N) is 1. The number of anilines is 1. The van der Waals surface area contributed by atoms with Crippen LogP contribution in [0.5, 0.6) is 5.75 Å². The summed E-state index contributed by atoms with van der Waals surface area (Å²) < 4.78 is 0. The molecule has 0 aliphatic carbocycles. The summed E-state index contributed by atoms with van der Waals surface area (Å²) in [5, 5.41) is 14.3. The Morgan fingerprint density at radius 2 is 2.23 bits per heavy atom. The number of hydrogen-bond acceptors (Lipinski definition) is 4. The van der Waals surface area contributed by atoms with Gasteiger partial charge in [-0.2, -0.15) is 0 Å². The Labute approximate surface area is 74.4 Å². The van der Waals surface area contributed by atoms with Crippen molar-refractivity contribution in [2.24, 2.45) is 5.18 Å². The monoisotopic (exact) mass is 180 g/mol. The molecule has 0 aromatic heterocycles. The van der Waals surface area contributed by atoms with Gasteiger partial charge in [-0.1, -0.05) is 0 Å². The van der Waals surface area contributed by atoms with E-state index in [1.54, 1.807) is 0 Å². The lowest BCUT2D eigenvalue weighted by Gasteiger charge is -2.03. The van der Waals surface area contributed by atoms with Crippen LogP contribution in [0, 0.1) is 4.91 Å². The number of nitrogens with one attached hydrogen (secondary N) is 1. The smallest absolute Gasteiger partial charge is 0.221 e. The number of benzene rings is 1. The lowest BCUT2D eigenvalue weighted by molar-refractivity contribution is -0.114. The van der Waals surface area contributed by atoms with Gasteiger partial charge < -0.3 is 10.4 Å². The third-order valence-corrected chi connectivity index (χ3v) is 1.40. The minimum Gasteiger partial charge on any atom is -0.506 e. The van der Waals surface area contributed by atoms with Crippen LogP contribution in [0.3, 0.4) is 0 Å². The zero-order chi connectivity index (χ0) is 9.84. The summed E-state index contributed by atoms with van der Waals surface area (Å²) in [6.45, 7) is 1.32. The molecule has 0 atom stereocenters. The molecule has 0 spiro atoms. The molecule has 2 N–H and O–H groups in total. The number of rotatable bonds is 2. The van der Waals surface area contributed by atoms with Gasteiger partial charge in [-0.3, -0.25) is 4.79 Å². The molecule has 13 heavy (non-hydrogen) atoms. The molecule has 0 aliphatic rings. The first-order valence-electron chi connectivity index (χ1n) is 3.57. The molecule has 0 heterocycles. The maximum absolute atomic E-state index is 10.6. The van der Waals surface area contributed by atoms with Crippen molar-refractivity contribution in [1.82, 2.24) is 0 Å². The van der Waals surface area contributed by atoms with Gasteiger partial charge in [-0.15, -0.1) is 4.91 Å². The van der Waals surface area contributed by atoms with E-state index < -0.39 is 0 Å². The molecule has 68 valence electrons. The SMILES string of the molecule is CC(=O)Nc1ccc(N=O)cc1O. The van der Waals surface area contributed by atoms with E-state index >= 15 is 0 Å². The molecular weight excluding hydrogens is 172 g/mol. The highest BCUT2D eigenvalue weighted by Gasteiger charge is 2.03. The molecular formula is C8H8N2O3. The first kappa shape index (κ1) is 9.18. The third-order valence-electron chi connectivity index (χ3n) is 1.40. The van der Waals surface area contributed by atoms with E-state index in [4.69, 9.17) is 0 Å². The average molecular weight is 180 g/mol. The standard InChI is InChI=1S/C8H8N2O3/c1-5(11)9-7-3-2-6(10-13)4-8(7)12/h2-4,12H,1H3,(H,9,11). The Morgan fingerprint density at radius 3 is 2.69 bits per heavy atom. The van der Waals surface area contributed by atoms with Gasteiger partial charge in [0.15, 0.2) is 0 Å². The van der Waals surface area contributed by atoms with Crippen LogP contribution in [-0.4, -0.2) is 11.0 Å². The number of carbonyl (C=O) groups excluding carboxylic acids is 1. The molecule has 5 nitrogen and oxygen atoms in total. The van der Waals surface area contributed by atoms with Gasteiger partial charge in [-0.25, -0.2) is 0 Å². The van der Waals surface area contributed by atoms with Crippen molar-refractivity contribution in [3.63, 3.8) is 0 Å². The number of carbonyl (C=O) groups is 1. The van der Waals surface area contributed by atoms with Crippen molar-refractivity contribution in [2.75, 3.05) is 5.32 Å². The number of aromatic hydroxyl groups is 1. The number of amides is 1. The van der Waals surface area contributed by atoms with Gasteiger partial charge in [0.2, 0.25) is 5.91 Å². The van der Waals surface area contributed by atoms with E-state index in [1.807, 2.05) is 0 Å². The minimum absolute atomic E-state index is 0.117. The summed E-state index contributed by atoms with van der Waals surface area (Å²) in [5.41, 5.74) is 0.381. The molecule has 1 aromatic rings. The Kier molecular flexibility index (Phi) is 2.59. The first-order chi connectivity index (χ1) is 6.13.